The maximum atomic E-state index is 11.6. The highest BCUT2D eigenvalue weighted by Crippen LogP contribution is 2.18. The molecule has 3 heteroatoms. The van der Waals surface area contributed by atoms with E-state index >= 15 is 0 Å². The third-order valence-electron chi connectivity index (χ3n) is 2.48. The van der Waals surface area contributed by atoms with Crippen molar-refractivity contribution in [3.8, 4) is 0 Å². The molecule has 0 bridgehead atoms. The summed E-state index contributed by atoms with van der Waals surface area (Å²) in [4.78, 5) is 11.6. The fourth-order valence-corrected chi connectivity index (χ4v) is 1.80. The minimum Gasteiger partial charge on any atom is -0.307 e. The van der Waals surface area contributed by atoms with Gasteiger partial charge >= 0.3 is 0 Å². The predicted molar refractivity (Wildman–Crippen MR) is 68.9 cm³/mol. The summed E-state index contributed by atoms with van der Waals surface area (Å²) in [5, 5.41) is 3.24. The Labute approximate surface area is 104 Å². The van der Waals surface area contributed by atoms with Crippen LogP contribution in [0.1, 0.15) is 18.4 Å². The first-order valence-corrected chi connectivity index (χ1v) is 6.31. The zero-order chi connectivity index (χ0) is 10.7. The van der Waals surface area contributed by atoms with Crippen molar-refractivity contribution in [2.45, 2.75) is 25.3 Å². The summed E-state index contributed by atoms with van der Waals surface area (Å²) in [5.41, 5.74) is 1.11. The van der Waals surface area contributed by atoms with Gasteiger partial charge in [0.15, 0.2) is 5.78 Å². The minimum absolute atomic E-state index is 0.281. The molecule has 0 heterocycles. The van der Waals surface area contributed by atoms with Gasteiger partial charge in [-0.05, 0) is 53.1 Å². The molecule has 0 unspecified atom stereocenters. The van der Waals surface area contributed by atoms with E-state index in [4.69, 9.17) is 0 Å². The second-order valence-electron chi connectivity index (χ2n) is 4.00. The van der Waals surface area contributed by atoms with Crippen LogP contribution >= 0.6 is 22.6 Å². The predicted octanol–water partition coefficient (Wildman–Crippen LogP) is 2.15. The van der Waals surface area contributed by atoms with E-state index in [0.717, 1.165) is 5.56 Å². The van der Waals surface area contributed by atoms with Crippen LogP contribution in [-0.2, 0) is 11.2 Å². The second-order valence-corrected chi connectivity index (χ2v) is 5.24. The first-order valence-electron chi connectivity index (χ1n) is 5.23. The van der Waals surface area contributed by atoms with E-state index in [1.165, 1.54) is 16.4 Å². The molecule has 80 valence electrons. The topological polar surface area (TPSA) is 29.1 Å². The lowest BCUT2D eigenvalue weighted by molar-refractivity contribution is -0.117. The molecule has 0 amide bonds. The molecular formula is C12H14INO. The fourth-order valence-electron chi connectivity index (χ4n) is 1.44. The Morgan fingerprint density at radius 1 is 1.33 bits per heavy atom. The minimum atomic E-state index is 0.281. The summed E-state index contributed by atoms with van der Waals surface area (Å²) in [5.74, 6) is 0.281. The largest absolute Gasteiger partial charge is 0.307 e. The first-order chi connectivity index (χ1) is 7.24. The van der Waals surface area contributed by atoms with Gasteiger partial charge < -0.3 is 5.32 Å². The Balaban J connectivity index is 1.79. The molecule has 1 aromatic rings. The molecule has 1 aliphatic carbocycles. The quantitative estimate of drug-likeness (QED) is 0.844. The van der Waals surface area contributed by atoms with Gasteiger partial charge in [-0.3, -0.25) is 4.79 Å². The van der Waals surface area contributed by atoms with E-state index < -0.39 is 0 Å². The van der Waals surface area contributed by atoms with Gasteiger partial charge in [-0.25, -0.2) is 0 Å². The van der Waals surface area contributed by atoms with Gasteiger partial charge in [0.2, 0.25) is 0 Å². The lowest BCUT2D eigenvalue weighted by Gasteiger charge is -2.02. The molecule has 0 atom stereocenters. The smallest absolute Gasteiger partial charge is 0.150 e. The van der Waals surface area contributed by atoms with E-state index in [9.17, 15) is 4.79 Å². The first kappa shape index (κ1) is 11.1. The van der Waals surface area contributed by atoms with Crippen molar-refractivity contribution < 1.29 is 4.79 Å². The number of halogens is 1. The molecule has 15 heavy (non-hydrogen) atoms. The molecule has 1 N–H and O–H groups in total. The lowest BCUT2D eigenvalue weighted by Crippen LogP contribution is -2.25. The fraction of sp³-hybridized carbons (Fsp3) is 0.417. The van der Waals surface area contributed by atoms with Crippen molar-refractivity contribution in [2.75, 3.05) is 6.54 Å². The molecule has 1 saturated carbocycles. The maximum absolute atomic E-state index is 11.6. The number of rotatable bonds is 5. The van der Waals surface area contributed by atoms with Crippen LogP contribution in [0.15, 0.2) is 24.3 Å². The van der Waals surface area contributed by atoms with Crippen LogP contribution in [0.25, 0.3) is 0 Å². The molecule has 2 nitrogen and oxygen atoms in total. The monoisotopic (exact) mass is 315 g/mol. The van der Waals surface area contributed by atoms with Crippen molar-refractivity contribution in [1.82, 2.24) is 5.32 Å². The summed E-state index contributed by atoms with van der Waals surface area (Å²) in [6, 6.07) is 8.74. The van der Waals surface area contributed by atoms with E-state index in [0.29, 0.717) is 19.0 Å². The van der Waals surface area contributed by atoms with Crippen LogP contribution in [0.3, 0.4) is 0 Å². The Morgan fingerprint density at radius 2 is 2.00 bits per heavy atom. The summed E-state index contributed by atoms with van der Waals surface area (Å²) < 4.78 is 1.21. The van der Waals surface area contributed by atoms with Gasteiger partial charge in [0, 0.05) is 16.0 Å². The molecule has 1 aliphatic rings. The van der Waals surface area contributed by atoms with E-state index in [1.54, 1.807) is 0 Å². The molecule has 1 aromatic carbocycles. The number of nitrogens with one attached hydrogen (secondary N) is 1. The third-order valence-corrected chi connectivity index (χ3v) is 3.20. The highest BCUT2D eigenvalue weighted by atomic mass is 127. The number of carbonyl (C=O) groups excluding carboxylic acids is 1. The zero-order valence-electron chi connectivity index (χ0n) is 8.50. The standard InChI is InChI=1S/C12H14INO/c13-10-3-1-9(2-4-10)7-12(15)8-14-11-5-6-11/h1-4,11,14H,5-8H2. The van der Waals surface area contributed by atoms with Crippen LogP contribution in [0.4, 0.5) is 0 Å². The summed E-state index contributed by atoms with van der Waals surface area (Å²) in [6.45, 7) is 0.524. The summed E-state index contributed by atoms with van der Waals surface area (Å²) in [6.07, 6.45) is 3.02. The Morgan fingerprint density at radius 3 is 2.60 bits per heavy atom. The highest BCUT2D eigenvalue weighted by Gasteiger charge is 2.20. The van der Waals surface area contributed by atoms with Crippen LogP contribution in [0.2, 0.25) is 0 Å². The molecular weight excluding hydrogens is 301 g/mol. The van der Waals surface area contributed by atoms with E-state index in [1.807, 2.05) is 24.3 Å². The van der Waals surface area contributed by atoms with Gasteiger partial charge in [-0.1, -0.05) is 12.1 Å². The number of carbonyl (C=O) groups is 1. The summed E-state index contributed by atoms with van der Waals surface area (Å²) in [7, 11) is 0. The van der Waals surface area contributed by atoms with Crippen LogP contribution in [0.5, 0.6) is 0 Å². The Hall–Kier alpha value is -0.420. The molecule has 2 rings (SSSR count). The van der Waals surface area contributed by atoms with Crippen molar-refractivity contribution in [3.05, 3.63) is 33.4 Å². The molecule has 0 aromatic heterocycles. The molecule has 0 aliphatic heterocycles. The average Bonchev–Trinajstić information content (AvgIpc) is 3.02. The third kappa shape index (κ3) is 3.91. The van der Waals surface area contributed by atoms with Crippen molar-refractivity contribution in [3.63, 3.8) is 0 Å². The van der Waals surface area contributed by atoms with Crippen molar-refractivity contribution >= 4 is 28.4 Å². The second kappa shape index (κ2) is 5.07. The molecule has 1 fully saturated rings. The maximum Gasteiger partial charge on any atom is 0.150 e. The molecule has 0 radical (unpaired) electrons. The normalized spacial score (nSPS) is 15.3. The number of Topliss-reactive ketones (excluding diaryl/α,β-unsaturated/α-hetero) is 1. The highest BCUT2D eigenvalue weighted by molar-refractivity contribution is 14.1. The van der Waals surface area contributed by atoms with Gasteiger partial charge in [0.25, 0.3) is 0 Å². The average molecular weight is 315 g/mol. The summed E-state index contributed by atoms with van der Waals surface area (Å²) >= 11 is 2.27. The number of hydrogen-bond donors (Lipinski definition) is 1. The molecule has 0 spiro atoms. The van der Waals surface area contributed by atoms with E-state index in [2.05, 4.69) is 27.9 Å². The van der Waals surface area contributed by atoms with Gasteiger partial charge in [0.05, 0.1) is 6.54 Å². The number of benzene rings is 1. The van der Waals surface area contributed by atoms with E-state index in [-0.39, 0.29) is 5.78 Å². The van der Waals surface area contributed by atoms with Crippen molar-refractivity contribution in [2.24, 2.45) is 0 Å². The van der Waals surface area contributed by atoms with Gasteiger partial charge in [-0.15, -0.1) is 0 Å². The van der Waals surface area contributed by atoms with Crippen LogP contribution in [-0.4, -0.2) is 18.4 Å². The number of ketones is 1. The van der Waals surface area contributed by atoms with Crippen LogP contribution in [0, 0.1) is 3.57 Å². The van der Waals surface area contributed by atoms with Crippen molar-refractivity contribution in [1.29, 1.82) is 0 Å². The number of hydrogen-bond acceptors (Lipinski definition) is 2. The van der Waals surface area contributed by atoms with Crippen LogP contribution < -0.4 is 5.32 Å². The Bertz CT molecular complexity index is 343. The van der Waals surface area contributed by atoms with Gasteiger partial charge in [0.1, 0.15) is 0 Å². The lowest BCUT2D eigenvalue weighted by atomic mass is 10.1. The SMILES string of the molecule is O=C(CNC1CC1)Cc1ccc(I)cc1. The van der Waals surface area contributed by atoms with Gasteiger partial charge in [-0.2, -0.15) is 0 Å². The Kier molecular flexibility index (Phi) is 3.75. The molecule has 0 saturated heterocycles. The zero-order valence-corrected chi connectivity index (χ0v) is 10.7.